The summed E-state index contributed by atoms with van der Waals surface area (Å²) in [7, 11) is 0. The first-order valence-electron chi connectivity index (χ1n) is 7.91. The second-order valence-electron chi connectivity index (χ2n) is 5.79. The highest BCUT2D eigenvalue weighted by atomic mass is 35.5. The molecule has 2 aromatic carbocycles. The molecule has 1 heterocycles. The largest absolute Gasteiger partial charge is 0.546 e. The van der Waals surface area contributed by atoms with Crippen LogP contribution in [0.2, 0.25) is 5.02 Å². The van der Waals surface area contributed by atoms with E-state index in [0.29, 0.717) is 22.2 Å². The Hall–Kier alpha value is -2.90. The van der Waals surface area contributed by atoms with E-state index < -0.39 is 12.6 Å². The van der Waals surface area contributed by atoms with Gasteiger partial charge in [0.15, 0.2) is 5.11 Å². The van der Waals surface area contributed by atoms with Gasteiger partial charge in [0, 0.05) is 5.02 Å². The molecule has 0 atom stereocenters. The molecular formula is C19H14ClN2O4S-. The molecule has 8 heteroatoms. The molecule has 1 aliphatic rings. The molecular weight excluding hydrogens is 388 g/mol. The number of hydrogen-bond acceptors (Lipinski definition) is 5. The molecule has 0 unspecified atom stereocenters. The zero-order valence-corrected chi connectivity index (χ0v) is 15.8. The SMILES string of the molecule is Cc1cc(Cl)ccc1N1C(=O)/C(=C\c2ccc(OCC(=O)[O-])cc2)NC1=S. The fourth-order valence-corrected chi connectivity index (χ4v) is 3.11. The lowest BCUT2D eigenvalue weighted by Crippen LogP contribution is -2.30. The molecule has 1 N–H and O–H groups in total. The van der Waals surface area contributed by atoms with Gasteiger partial charge < -0.3 is 20.0 Å². The number of thiocarbonyl (C=S) groups is 1. The van der Waals surface area contributed by atoms with Crippen LogP contribution in [0.1, 0.15) is 11.1 Å². The molecule has 3 rings (SSSR count). The number of carboxylic acids is 1. The van der Waals surface area contributed by atoms with Gasteiger partial charge in [-0.2, -0.15) is 0 Å². The summed E-state index contributed by atoms with van der Waals surface area (Å²) in [5, 5.41) is 14.2. The van der Waals surface area contributed by atoms with Crippen LogP contribution in [-0.2, 0) is 9.59 Å². The first-order chi connectivity index (χ1) is 12.8. The molecule has 0 spiro atoms. The van der Waals surface area contributed by atoms with Crippen molar-refractivity contribution in [3.8, 4) is 5.75 Å². The summed E-state index contributed by atoms with van der Waals surface area (Å²) in [5.41, 5.74) is 2.55. The van der Waals surface area contributed by atoms with Crippen LogP contribution in [0.5, 0.6) is 5.75 Å². The maximum absolute atomic E-state index is 12.8. The zero-order chi connectivity index (χ0) is 19.6. The fourth-order valence-electron chi connectivity index (χ4n) is 2.59. The standard InChI is InChI=1S/C19H15ClN2O4S/c1-11-8-13(20)4-7-16(11)22-18(25)15(21-19(22)27)9-12-2-5-14(6-3-12)26-10-17(23)24/h2-9H,10H2,1H3,(H,21,27)(H,23,24)/p-1/b15-9+. The zero-order valence-electron chi connectivity index (χ0n) is 14.2. The van der Waals surface area contributed by atoms with E-state index in [9.17, 15) is 14.7 Å². The summed E-state index contributed by atoms with van der Waals surface area (Å²) >= 11 is 11.3. The number of benzene rings is 2. The van der Waals surface area contributed by atoms with E-state index in [1.807, 2.05) is 6.92 Å². The first-order valence-corrected chi connectivity index (χ1v) is 8.70. The number of carbonyl (C=O) groups excluding carboxylic acids is 2. The minimum atomic E-state index is -1.30. The van der Waals surface area contributed by atoms with Gasteiger partial charge in [-0.05, 0) is 66.7 Å². The van der Waals surface area contributed by atoms with Gasteiger partial charge in [-0.1, -0.05) is 23.7 Å². The number of carboxylic acid groups (broad SMARTS) is 1. The number of halogens is 1. The topological polar surface area (TPSA) is 81.7 Å². The molecule has 1 aliphatic heterocycles. The number of anilines is 1. The monoisotopic (exact) mass is 401 g/mol. The second-order valence-corrected chi connectivity index (χ2v) is 6.61. The normalized spacial score (nSPS) is 15.2. The van der Waals surface area contributed by atoms with Crippen molar-refractivity contribution >= 4 is 52.6 Å². The predicted octanol–water partition coefficient (Wildman–Crippen LogP) is 2.04. The van der Waals surface area contributed by atoms with Crippen molar-refractivity contribution in [3.63, 3.8) is 0 Å². The van der Waals surface area contributed by atoms with Crippen LogP contribution < -0.4 is 20.1 Å². The van der Waals surface area contributed by atoms with Gasteiger partial charge >= 0.3 is 0 Å². The quantitative estimate of drug-likeness (QED) is 0.610. The first kappa shape index (κ1) is 18.9. The Morgan fingerprint density at radius 1 is 1.30 bits per heavy atom. The Kier molecular flexibility index (Phi) is 5.43. The van der Waals surface area contributed by atoms with Crippen molar-refractivity contribution < 1.29 is 19.4 Å². The van der Waals surface area contributed by atoms with Crippen LogP contribution in [0.4, 0.5) is 5.69 Å². The maximum atomic E-state index is 12.8. The summed E-state index contributed by atoms with van der Waals surface area (Å²) in [6.07, 6.45) is 1.66. The predicted molar refractivity (Wildman–Crippen MR) is 104 cm³/mol. The number of nitrogens with one attached hydrogen (secondary N) is 1. The number of ether oxygens (including phenoxy) is 1. The highest BCUT2D eigenvalue weighted by molar-refractivity contribution is 7.80. The molecule has 27 heavy (non-hydrogen) atoms. The van der Waals surface area contributed by atoms with E-state index in [-0.39, 0.29) is 11.0 Å². The van der Waals surface area contributed by atoms with Crippen molar-refractivity contribution in [2.45, 2.75) is 6.92 Å². The van der Waals surface area contributed by atoms with Gasteiger partial charge in [-0.3, -0.25) is 9.69 Å². The number of rotatable bonds is 5. The molecule has 6 nitrogen and oxygen atoms in total. The number of aliphatic carboxylic acids is 1. The minimum Gasteiger partial charge on any atom is -0.546 e. The van der Waals surface area contributed by atoms with E-state index in [1.165, 1.54) is 4.90 Å². The van der Waals surface area contributed by atoms with Crippen molar-refractivity contribution in [3.05, 3.63) is 64.3 Å². The molecule has 0 saturated carbocycles. The molecule has 2 aromatic rings. The molecule has 0 radical (unpaired) electrons. The van der Waals surface area contributed by atoms with Gasteiger partial charge in [0.05, 0.1) is 11.7 Å². The average Bonchev–Trinajstić information content (AvgIpc) is 2.88. The van der Waals surface area contributed by atoms with Crippen LogP contribution in [-0.4, -0.2) is 23.6 Å². The molecule has 1 fully saturated rings. The van der Waals surface area contributed by atoms with Gasteiger partial charge in [-0.15, -0.1) is 0 Å². The second kappa shape index (κ2) is 7.77. The Balaban J connectivity index is 1.81. The van der Waals surface area contributed by atoms with E-state index in [0.717, 1.165) is 11.1 Å². The number of carbonyl (C=O) groups is 2. The van der Waals surface area contributed by atoms with E-state index >= 15 is 0 Å². The summed E-state index contributed by atoms with van der Waals surface area (Å²) in [6, 6.07) is 11.8. The van der Waals surface area contributed by atoms with Gasteiger partial charge in [0.2, 0.25) is 0 Å². The van der Waals surface area contributed by atoms with Crippen molar-refractivity contribution in [2.24, 2.45) is 0 Å². The van der Waals surface area contributed by atoms with Crippen molar-refractivity contribution in [2.75, 3.05) is 11.5 Å². The lowest BCUT2D eigenvalue weighted by molar-refractivity contribution is -0.307. The van der Waals surface area contributed by atoms with Crippen LogP contribution in [0, 0.1) is 6.92 Å². The van der Waals surface area contributed by atoms with Crippen LogP contribution in [0.25, 0.3) is 6.08 Å². The Morgan fingerprint density at radius 2 is 2.00 bits per heavy atom. The molecule has 0 aromatic heterocycles. The average molecular weight is 402 g/mol. The maximum Gasteiger partial charge on any atom is 0.281 e. The minimum absolute atomic E-state index is 0.275. The molecule has 0 aliphatic carbocycles. The summed E-state index contributed by atoms with van der Waals surface area (Å²) in [4.78, 5) is 24.6. The molecule has 1 amide bonds. The summed E-state index contributed by atoms with van der Waals surface area (Å²) < 4.78 is 5.02. The van der Waals surface area contributed by atoms with E-state index in [1.54, 1.807) is 48.5 Å². The smallest absolute Gasteiger partial charge is 0.281 e. The third-order valence-corrected chi connectivity index (χ3v) is 4.35. The van der Waals surface area contributed by atoms with E-state index in [4.69, 9.17) is 28.6 Å². The Bertz CT molecular complexity index is 957. The highest BCUT2D eigenvalue weighted by Crippen LogP contribution is 2.28. The van der Waals surface area contributed by atoms with Gasteiger partial charge in [0.25, 0.3) is 5.91 Å². The van der Waals surface area contributed by atoms with Crippen molar-refractivity contribution in [1.29, 1.82) is 0 Å². The number of amides is 1. The van der Waals surface area contributed by atoms with Gasteiger partial charge in [0.1, 0.15) is 18.1 Å². The highest BCUT2D eigenvalue weighted by Gasteiger charge is 2.32. The third-order valence-electron chi connectivity index (χ3n) is 3.83. The summed E-state index contributed by atoms with van der Waals surface area (Å²) in [5.74, 6) is -1.18. The number of nitrogens with zero attached hydrogens (tertiary/aromatic N) is 1. The lowest BCUT2D eigenvalue weighted by Gasteiger charge is -2.16. The number of aryl methyl sites for hydroxylation is 1. The Labute approximate surface area is 166 Å². The van der Waals surface area contributed by atoms with Crippen LogP contribution in [0.15, 0.2) is 48.2 Å². The fraction of sp³-hybridized carbons (Fsp3) is 0.105. The lowest BCUT2D eigenvalue weighted by atomic mass is 10.1. The van der Waals surface area contributed by atoms with Crippen LogP contribution >= 0.6 is 23.8 Å². The van der Waals surface area contributed by atoms with Gasteiger partial charge in [-0.25, -0.2) is 0 Å². The molecule has 138 valence electrons. The van der Waals surface area contributed by atoms with E-state index in [2.05, 4.69) is 5.32 Å². The third kappa shape index (κ3) is 4.27. The van der Waals surface area contributed by atoms with Crippen molar-refractivity contribution in [1.82, 2.24) is 5.32 Å². The molecule has 1 saturated heterocycles. The molecule has 0 bridgehead atoms. The summed E-state index contributed by atoms with van der Waals surface area (Å²) in [6.45, 7) is 1.33. The number of hydrogen-bond donors (Lipinski definition) is 1. The van der Waals surface area contributed by atoms with Crippen LogP contribution in [0.3, 0.4) is 0 Å². The Morgan fingerprint density at radius 3 is 2.63 bits per heavy atom.